The second-order valence-electron chi connectivity index (χ2n) is 5.31. The fourth-order valence-corrected chi connectivity index (χ4v) is 3.22. The maximum absolute atomic E-state index is 12.1. The van der Waals surface area contributed by atoms with Gasteiger partial charge in [0.25, 0.3) is 0 Å². The molecule has 0 amide bonds. The molecule has 0 radical (unpaired) electrons. The summed E-state index contributed by atoms with van der Waals surface area (Å²) in [5.74, 6) is 0. The molecule has 1 aromatic rings. The van der Waals surface area contributed by atoms with Crippen LogP contribution < -0.4 is 10.0 Å². The minimum atomic E-state index is -3.37. The molecule has 5 nitrogen and oxygen atoms in total. The third kappa shape index (κ3) is 7.11. The van der Waals surface area contributed by atoms with Gasteiger partial charge in [-0.3, -0.25) is 0 Å². The highest BCUT2D eigenvalue weighted by Crippen LogP contribution is 2.11. The zero-order valence-electron chi connectivity index (χ0n) is 13.2. The SMILES string of the molecule is CCCCCCCCNS(=O)(=O)c1c[nH]c(CNCC)c1. The van der Waals surface area contributed by atoms with Crippen LogP contribution in [0, 0.1) is 0 Å². The van der Waals surface area contributed by atoms with Crippen LogP contribution >= 0.6 is 0 Å². The lowest BCUT2D eigenvalue weighted by Gasteiger charge is -2.04. The van der Waals surface area contributed by atoms with Gasteiger partial charge < -0.3 is 10.3 Å². The summed E-state index contributed by atoms with van der Waals surface area (Å²) in [6, 6.07) is 1.69. The largest absolute Gasteiger partial charge is 0.363 e. The smallest absolute Gasteiger partial charge is 0.242 e. The van der Waals surface area contributed by atoms with Crippen LogP contribution in [0.5, 0.6) is 0 Å². The zero-order valence-corrected chi connectivity index (χ0v) is 14.1. The monoisotopic (exact) mass is 315 g/mol. The Hall–Kier alpha value is -0.850. The minimum Gasteiger partial charge on any atom is -0.363 e. The molecule has 0 atom stereocenters. The van der Waals surface area contributed by atoms with Gasteiger partial charge in [0.15, 0.2) is 0 Å². The Morgan fingerprint density at radius 3 is 2.52 bits per heavy atom. The van der Waals surface area contributed by atoms with Crippen molar-refractivity contribution >= 4 is 10.0 Å². The number of aromatic nitrogens is 1. The van der Waals surface area contributed by atoms with E-state index in [4.69, 9.17) is 0 Å². The Kier molecular flexibility index (Phi) is 8.64. The van der Waals surface area contributed by atoms with E-state index in [-0.39, 0.29) is 0 Å². The normalized spacial score (nSPS) is 11.9. The molecule has 0 fully saturated rings. The maximum Gasteiger partial charge on any atom is 0.242 e. The average Bonchev–Trinajstić information content (AvgIpc) is 2.94. The van der Waals surface area contributed by atoms with Crippen molar-refractivity contribution < 1.29 is 8.42 Å². The van der Waals surface area contributed by atoms with E-state index in [1.165, 1.54) is 25.7 Å². The first-order valence-corrected chi connectivity index (χ1v) is 9.46. The molecule has 0 aliphatic carbocycles. The van der Waals surface area contributed by atoms with Crippen molar-refractivity contribution in [1.29, 1.82) is 0 Å². The first kappa shape index (κ1) is 18.2. The van der Waals surface area contributed by atoms with E-state index >= 15 is 0 Å². The highest BCUT2D eigenvalue weighted by molar-refractivity contribution is 7.89. The Labute approximate surface area is 129 Å². The molecule has 0 unspecified atom stereocenters. The molecule has 0 aliphatic heterocycles. The summed E-state index contributed by atoms with van der Waals surface area (Å²) >= 11 is 0. The fraction of sp³-hybridized carbons (Fsp3) is 0.733. The van der Waals surface area contributed by atoms with Gasteiger partial charge >= 0.3 is 0 Å². The van der Waals surface area contributed by atoms with Crippen LogP contribution in [-0.2, 0) is 16.6 Å². The topological polar surface area (TPSA) is 74.0 Å². The van der Waals surface area contributed by atoms with Gasteiger partial charge in [-0.25, -0.2) is 13.1 Å². The minimum absolute atomic E-state index is 0.321. The van der Waals surface area contributed by atoms with Crippen molar-refractivity contribution in [3.8, 4) is 0 Å². The number of H-pyrrole nitrogens is 1. The molecule has 0 aromatic carbocycles. The predicted octanol–water partition coefficient (Wildman–Crippen LogP) is 2.76. The first-order chi connectivity index (χ1) is 10.1. The number of hydrogen-bond acceptors (Lipinski definition) is 3. The standard InChI is InChI=1S/C15H29N3O2S/c1-3-5-6-7-8-9-10-18-21(19,20)15-11-14(17-13-15)12-16-4-2/h11,13,16-18H,3-10,12H2,1-2H3. The van der Waals surface area contributed by atoms with Gasteiger partial charge in [-0.05, 0) is 19.0 Å². The molecular weight excluding hydrogens is 286 g/mol. The third-order valence-electron chi connectivity index (χ3n) is 3.41. The summed E-state index contributed by atoms with van der Waals surface area (Å²) in [5, 5.41) is 3.16. The lowest BCUT2D eigenvalue weighted by molar-refractivity contribution is 0.568. The average molecular weight is 315 g/mol. The number of rotatable bonds is 12. The van der Waals surface area contributed by atoms with Crippen molar-refractivity contribution in [1.82, 2.24) is 15.0 Å². The molecule has 1 rings (SSSR count). The van der Waals surface area contributed by atoms with Crippen molar-refractivity contribution in [2.75, 3.05) is 13.1 Å². The lowest BCUT2D eigenvalue weighted by atomic mass is 10.1. The van der Waals surface area contributed by atoms with Gasteiger partial charge in [0.2, 0.25) is 10.0 Å². The Morgan fingerprint density at radius 2 is 1.81 bits per heavy atom. The number of unbranched alkanes of at least 4 members (excludes halogenated alkanes) is 5. The van der Waals surface area contributed by atoms with Gasteiger partial charge in [-0.15, -0.1) is 0 Å². The van der Waals surface area contributed by atoms with Crippen LogP contribution in [-0.4, -0.2) is 26.5 Å². The summed E-state index contributed by atoms with van der Waals surface area (Å²) in [6.45, 7) is 6.24. The van der Waals surface area contributed by atoms with E-state index in [0.29, 0.717) is 18.0 Å². The highest BCUT2D eigenvalue weighted by Gasteiger charge is 2.15. The van der Waals surface area contributed by atoms with Crippen molar-refractivity contribution in [2.24, 2.45) is 0 Å². The van der Waals surface area contributed by atoms with Gasteiger partial charge in [-0.1, -0.05) is 46.0 Å². The van der Waals surface area contributed by atoms with Crippen LogP contribution in [0.15, 0.2) is 17.2 Å². The third-order valence-corrected chi connectivity index (χ3v) is 4.85. The molecule has 3 N–H and O–H groups in total. The summed E-state index contributed by atoms with van der Waals surface area (Å²) in [5.41, 5.74) is 0.886. The van der Waals surface area contributed by atoms with Gasteiger partial charge in [0.05, 0.1) is 4.90 Å². The van der Waals surface area contributed by atoms with Gasteiger partial charge in [0.1, 0.15) is 0 Å². The summed E-state index contributed by atoms with van der Waals surface area (Å²) in [7, 11) is -3.37. The molecule has 0 saturated carbocycles. The Morgan fingerprint density at radius 1 is 1.10 bits per heavy atom. The molecule has 0 spiro atoms. The predicted molar refractivity (Wildman–Crippen MR) is 86.7 cm³/mol. The molecule has 1 heterocycles. The quantitative estimate of drug-likeness (QED) is 0.519. The van der Waals surface area contributed by atoms with E-state index in [1.807, 2.05) is 6.92 Å². The van der Waals surface area contributed by atoms with Crippen LogP contribution in [0.4, 0.5) is 0 Å². The van der Waals surface area contributed by atoms with E-state index in [2.05, 4.69) is 21.9 Å². The van der Waals surface area contributed by atoms with E-state index in [0.717, 1.165) is 25.1 Å². The summed E-state index contributed by atoms with van der Waals surface area (Å²) in [4.78, 5) is 3.31. The molecular formula is C15H29N3O2S. The molecule has 0 bridgehead atoms. The first-order valence-electron chi connectivity index (χ1n) is 7.97. The molecule has 0 aliphatic rings. The van der Waals surface area contributed by atoms with Crippen molar-refractivity contribution in [2.45, 2.75) is 63.8 Å². The molecule has 21 heavy (non-hydrogen) atoms. The summed E-state index contributed by atoms with van der Waals surface area (Å²) in [6.07, 6.45) is 8.47. The number of aromatic amines is 1. The number of sulfonamides is 1. The van der Waals surface area contributed by atoms with Crippen LogP contribution in [0.1, 0.15) is 58.1 Å². The molecule has 1 aromatic heterocycles. The van der Waals surface area contributed by atoms with Crippen molar-refractivity contribution in [3.63, 3.8) is 0 Å². The Bertz CT molecular complexity index is 483. The fourth-order valence-electron chi connectivity index (χ4n) is 2.13. The second kappa shape index (κ2) is 9.97. The van der Waals surface area contributed by atoms with Crippen molar-refractivity contribution in [3.05, 3.63) is 18.0 Å². The zero-order chi connectivity index (χ0) is 15.6. The number of hydrogen-bond donors (Lipinski definition) is 3. The lowest BCUT2D eigenvalue weighted by Crippen LogP contribution is -2.24. The molecule has 0 saturated heterocycles. The second-order valence-corrected chi connectivity index (χ2v) is 7.07. The maximum atomic E-state index is 12.1. The Balaban J connectivity index is 2.31. The van der Waals surface area contributed by atoms with Gasteiger partial charge in [-0.2, -0.15) is 0 Å². The van der Waals surface area contributed by atoms with E-state index in [9.17, 15) is 8.42 Å². The number of nitrogens with one attached hydrogen (secondary N) is 3. The van der Waals surface area contributed by atoms with Crippen LogP contribution in [0.25, 0.3) is 0 Å². The van der Waals surface area contributed by atoms with E-state index < -0.39 is 10.0 Å². The molecule has 6 heteroatoms. The van der Waals surface area contributed by atoms with Gasteiger partial charge in [0, 0.05) is 25.0 Å². The highest BCUT2D eigenvalue weighted by atomic mass is 32.2. The van der Waals surface area contributed by atoms with Crippen LogP contribution in [0.3, 0.4) is 0 Å². The van der Waals surface area contributed by atoms with E-state index in [1.54, 1.807) is 12.3 Å². The summed E-state index contributed by atoms with van der Waals surface area (Å²) < 4.78 is 26.9. The van der Waals surface area contributed by atoms with Crippen LogP contribution in [0.2, 0.25) is 0 Å². The molecule has 122 valence electrons.